The molecule has 1 saturated heterocycles. The topological polar surface area (TPSA) is 79.0 Å². The van der Waals surface area contributed by atoms with Crippen LogP contribution in [-0.2, 0) is 14.8 Å². The molecule has 7 nitrogen and oxygen atoms in total. The number of benzene rings is 2. The van der Waals surface area contributed by atoms with E-state index in [0.717, 1.165) is 35.1 Å². The summed E-state index contributed by atoms with van der Waals surface area (Å²) in [5, 5.41) is 2.91. The summed E-state index contributed by atoms with van der Waals surface area (Å²) in [4.78, 5) is 15.1. The normalized spacial score (nSPS) is 15.8. The maximum atomic E-state index is 12.7. The zero-order valence-electron chi connectivity index (χ0n) is 19.2. The highest BCUT2D eigenvalue weighted by Gasteiger charge is 2.24. The summed E-state index contributed by atoms with van der Waals surface area (Å²) in [6.07, 6.45) is 3.49. The molecule has 0 radical (unpaired) electrons. The zero-order chi connectivity index (χ0) is 23.3. The summed E-state index contributed by atoms with van der Waals surface area (Å²) in [5.41, 5.74) is 2.50. The third kappa shape index (κ3) is 5.94. The van der Waals surface area contributed by atoms with Crippen molar-refractivity contribution in [1.82, 2.24) is 5.32 Å². The van der Waals surface area contributed by atoms with Crippen LogP contribution in [0.4, 0.5) is 11.4 Å². The number of hydrogen-bond donors (Lipinski definition) is 1. The van der Waals surface area contributed by atoms with E-state index >= 15 is 0 Å². The molecule has 2 aromatic carbocycles. The molecule has 1 unspecified atom stereocenters. The van der Waals surface area contributed by atoms with Crippen molar-refractivity contribution in [2.75, 3.05) is 42.2 Å². The average Bonchev–Trinajstić information content (AvgIpc) is 2.77. The fourth-order valence-electron chi connectivity index (χ4n) is 3.96. The van der Waals surface area contributed by atoms with Crippen molar-refractivity contribution >= 4 is 27.3 Å². The highest BCUT2D eigenvalue weighted by Crippen LogP contribution is 2.29. The van der Waals surface area contributed by atoms with E-state index in [-0.39, 0.29) is 18.5 Å². The Morgan fingerprint density at radius 3 is 2.38 bits per heavy atom. The molecule has 1 atom stereocenters. The number of ether oxygens (including phenoxy) is 1. The van der Waals surface area contributed by atoms with Gasteiger partial charge in [-0.05, 0) is 55.5 Å². The Morgan fingerprint density at radius 1 is 1.16 bits per heavy atom. The Labute approximate surface area is 191 Å². The van der Waals surface area contributed by atoms with Gasteiger partial charge in [-0.1, -0.05) is 31.2 Å². The molecule has 3 rings (SSSR count). The standard InChI is InChI=1S/C24H33N3O4S/c1-18-13-15-26(16-14-18)21-11-9-20(10-12-21)19(2)25-24(28)17-27(32(4,29)30)22-7-5-6-8-23(22)31-3/h5-12,18-19H,13-17H2,1-4H3,(H,25,28). The first kappa shape index (κ1) is 23.9. The minimum Gasteiger partial charge on any atom is -0.495 e. The van der Waals surface area contributed by atoms with Crippen LogP contribution >= 0.6 is 0 Å². The molecule has 0 spiro atoms. The number of piperidine rings is 1. The fraction of sp³-hybridized carbons (Fsp3) is 0.458. The van der Waals surface area contributed by atoms with E-state index in [1.54, 1.807) is 24.3 Å². The molecule has 1 fully saturated rings. The van der Waals surface area contributed by atoms with Crippen molar-refractivity contribution in [2.45, 2.75) is 32.7 Å². The second-order valence-corrected chi connectivity index (χ2v) is 10.4. The van der Waals surface area contributed by atoms with Crippen LogP contribution in [0.5, 0.6) is 5.75 Å². The van der Waals surface area contributed by atoms with E-state index in [4.69, 9.17) is 4.74 Å². The SMILES string of the molecule is COc1ccccc1N(CC(=O)NC(C)c1ccc(N2CCC(C)CC2)cc1)S(C)(=O)=O. The van der Waals surface area contributed by atoms with Crippen LogP contribution in [0.25, 0.3) is 0 Å². The van der Waals surface area contributed by atoms with Crippen LogP contribution in [0.15, 0.2) is 48.5 Å². The monoisotopic (exact) mass is 459 g/mol. The largest absolute Gasteiger partial charge is 0.495 e. The zero-order valence-corrected chi connectivity index (χ0v) is 20.1. The molecule has 32 heavy (non-hydrogen) atoms. The second-order valence-electron chi connectivity index (χ2n) is 8.49. The van der Waals surface area contributed by atoms with Crippen molar-refractivity contribution in [3.8, 4) is 5.75 Å². The van der Waals surface area contributed by atoms with Gasteiger partial charge in [0.05, 0.1) is 25.1 Å². The van der Waals surface area contributed by atoms with Gasteiger partial charge in [0.15, 0.2) is 0 Å². The first-order chi connectivity index (χ1) is 15.2. The van der Waals surface area contributed by atoms with Crippen LogP contribution in [-0.4, -0.2) is 47.3 Å². The lowest BCUT2D eigenvalue weighted by atomic mass is 9.98. The second kappa shape index (κ2) is 10.3. The van der Waals surface area contributed by atoms with Crippen LogP contribution < -0.4 is 19.3 Å². The Kier molecular flexibility index (Phi) is 7.66. The van der Waals surface area contributed by atoms with Gasteiger partial charge in [0.25, 0.3) is 0 Å². The number of hydrogen-bond acceptors (Lipinski definition) is 5. The van der Waals surface area contributed by atoms with Crippen LogP contribution in [0.1, 0.15) is 38.3 Å². The molecule has 0 bridgehead atoms. The fourth-order valence-corrected chi connectivity index (χ4v) is 4.82. The van der Waals surface area contributed by atoms with Gasteiger partial charge in [-0.3, -0.25) is 9.10 Å². The maximum Gasteiger partial charge on any atom is 0.241 e. The number of methoxy groups -OCH3 is 1. The van der Waals surface area contributed by atoms with Gasteiger partial charge in [-0.25, -0.2) is 8.42 Å². The average molecular weight is 460 g/mol. The van der Waals surface area contributed by atoms with Gasteiger partial charge in [0.1, 0.15) is 12.3 Å². The molecule has 1 amide bonds. The van der Waals surface area contributed by atoms with Gasteiger partial charge in [0, 0.05) is 18.8 Å². The van der Waals surface area contributed by atoms with E-state index < -0.39 is 10.0 Å². The Balaban J connectivity index is 1.66. The number of anilines is 2. The molecule has 1 heterocycles. The molecular weight excluding hydrogens is 426 g/mol. The van der Waals surface area contributed by atoms with E-state index in [1.165, 1.54) is 25.6 Å². The van der Waals surface area contributed by atoms with Crippen LogP contribution in [0.3, 0.4) is 0 Å². The van der Waals surface area contributed by atoms with Gasteiger partial charge in [0.2, 0.25) is 15.9 Å². The Hall–Kier alpha value is -2.74. The minimum absolute atomic E-state index is 0.253. The lowest BCUT2D eigenvalue weighted by Crippen LogP contribution is -2.41. The van der Waals surface area contributed by atoms with E-state index in [9.17, 15) is 13.2 Å². The lowest BCUT2D eigenvalue weighted by Gasteiger charge is -2.32. The number of amides is 1. The molecular formula is C24H33N3O4S. The highest BCUT2D eigenvalue weighted by molar-refractivity contribution is 7.92. The van der Waals surface area contributed by atoms with Crippen LogP contribution in [0, 0.1) is 5.92 Å². The van der Waals surface area contributed by atoms with E-state index in [2.05, 4.69) is 29.3 Å². The molecule has 1 N–H and O–H groups in total. The van der Waals surface area contributed by atoms with Crippen molar-refractivity contribution < 1.29 is 17.9 Å². The smallest absolute Gasteiger partial charge is 0.241 e. The minimum atomic E-state index is -3.68. The lowest BCUT2D eigenvalue weighted by molar-refractivity contribution is -0.120. The molecule has 0 aromatic heterocycles. The number of carbonyl (C=O) groups is 1. The first-order valence-electron chi connectivity index (χ1n) is 10.9. The predicted molar refractivity (Wildman–Crippen MR) is 129 cm³/mol. The van der Waals surface area contributed by atoms with Crippen molar-refractivity contribution in [2.24, 2.45) is 5.92 Å². The molecule has 0 saturated carbocycles. The Bertz CT molecular complexity index is 1020. The third-order valence-corrected chi connectivity index (χ3v) is 7.09. The van der Waals surface area contributed by atoms with Gasteiger partial charge < -0.3 is 15.0 Å². The summed E-state index contributed by atoms with van der Waals surface area (Å²) < 4.78 is 31.1. The molecule has 1 aliphatic heterocycles. The number of rotatable bonds is 8. The quantitative estimate of drug-likeness (QED) is 0.653. The summed E-state index contributed by atoms with van der Waals surface area (Å²) in [7, 11) is -2.21. The highest BCUT2D eigenvalue weighted by atomic mass is 32.2. The summed E-state index contributed by atoms with van der Waals surface area (Å²) in [6, 6.07) is 14.7. The predicted octanol–water partition coefficient (Wildman–Crippen LogP) is 3.57. The molecule has 2 aromatic rings. The van der Waals surface area contributed by atoms with Crippen molar-refractivity contribution in [3.63, 3.8) is 0 Å². The Morgan fingerprint density at radius 2 is 1.78 bits per heavy atom. The molecule has 174 valence electrons. The number of sulfonamides is 1. The molecule has 8 heteroatoms. The number of nitrogens with one attached hydrogen (secondary N) is 1. The number of nitrogens with zero attached hydrogens (tertiary/aromatic N) is 2. The van der Waals surface area contributed by atoms with Crippen LogP contribution in [0.2, 0.25) is 0 Å². The first-order valence-corrected chi connectivity index (χ1v) is 12.8. The van der Waals surface area contributed by atoms with E-state index in [1.807, 2.05) is 19.1 Å². The summed E-state index contributed by atoms with van der Waals surface area (Å²) >= 11 is 0. The van der Waals surface area contributed by atoms with Gasteiger partial charge >= 0.3 is 0 Å². The van der Waals surface area contributed by atoms with Crippen molar-refractivity contribution in [1.29, 1.82) is 0 Å². The van der Waals surface area contributed by atoms with Crippen molar-refractivity contribution in [3.05, 3.63) is 54.1 Å². The van der Waals surface area contributed by atoms with E-state index in [0.29, 0.717) is 11.4 Å². The molecule has 0 aliphatic carbocycles. The number of carbonyl (C=O) groups excluding carboxylic acids is 1. The molecule has 1 aliphatic rings. The summed E-state index contributed by atoms with van der Waals surface area (Å²) in [6.45, 7) is 5.99. The number of para-hydroxylation sites is 2. The summed E-state index contributed by atoms with van der Waals surface area (Å²) in [5.74, 6) is 0.785. The maximum absolute atomic E-state index is 12.7. The van der Waals surface area contributed by atoms with Gasteiger partial charge in [-0.15, -0.1) is 0 Å². The van der Waals surface area contributed by atoms with Gasteiger partial charge in [-0.2, -0.15) is 0 Å². The third-order valence-electron chi connectivity index (χ3n) is 5.96.